The van der Waals surface area contributed by atoms with E-state index >= 15 is 0 Å². The fourth-order valence-electron chi connectivity index (χ4n) is 3.26. The Hall–Kier alpha value is -3.42. The molecule has 5 nitrogen and oxygen atoms in total. The Bertz CT molecular complexity index is 1370. The lowest BCUT2D eigenvalue weighted by Gasteiger charge is -2.19. The largest absolute Gasteiger partial charge is 0.467 e. The minimum Gasteiger partial charge on any atom is -0.467 e. The van der Waals surface area contributed by atoms with E-state index in [1.807, 2.05) is 72.8 Å². The van der Waals surface area contributed by atoms with Crippen LogP contribution in [0.1, 0.15) is 16.1 Å². The van der Waals surface area contributed by atoms with E-state index in [9.17, 15) is 4.79 Å². The van der Waals surface area contributed by atoms with Crippen LogP contribution in [0.15, 0.2) is 100 Å². The van der Waals surface area contributed by atoms with Crippen LogP contribution in [-0.4, -0.2) is 10.9 Å². The minimum atomic E-state index is -0.182. The van der Waals surface area contributed by atoms with Gasteiger partial charge < -0.3 is 9.15 Å². The number of para-hydroxylation sites is 1. The van der Waals surface area contributed by atoms with E-state index in [1.165, 1.54) is 11.3 Å². The average Bonchev–Trinajstić information content (AvgIpc) is 3.47. The van der Waals surface area contributed by atoms with Crippen molar-refractivity contribution >= 4 is 48.5 Å². The van der Waals surface area contributed by atoms with E-state index < -0.39 is 0 Å². The maximum absolute atomic E-state index is 13.6. The number of fused-ring (bicyclic) bond motifs is 1. The van der Waals surface area contributed by atoms with Gasteiger partial charge in [-0.2, -0.15) is 0 Å². The minimum absolute atomic E-state index is 0.182. The van der Waals surface area contributed by atoms with Gasteiger partial charge in [0.15, 0.2) is 5.13 Å². The number of benzene rings is 3. The Labute approximate surface area is 197 Å². The van der Waals surface area contributed by atoms with Gasteiger partial charge in [-0.05, 0) is 60.7 Å². The molecule has 2 heterocycles. The standard InChI is InChI=1S/C25H17BrN2O3S/c26-18-11-12-22-23(15-18)32-25(27-22)28(16-21-10-5-13-30-21)24(29)17-6-4-9-20(14-17)31-19-7-2-1-3-8-19/h1-15H,16H2. The first-order valence-corrected chi connectivity index (χ1v) is 11.5. The fraction of sp³-hybridized carbons (Fsp3) is 0.0400. The van der Waals surface area contributed by atoms with Crippen molar-refractivity contribution < 1.29 is 13.9 Å². The normalized spacial score (nSPS) is 10.9. The van der Waals surface area contributed by atoms with Gasteiger partial charge >= 0.3 is 0 Å². The van der Waals surface area contributed by atoms with Crippen molar-refractivity contribution in [3.05, 3.63) is 107 Å². The number of carbonyl (C=O) groups is 1. The average molecular weight is 505 g/mol. The lowest BCUT2D eigenvalue weighted by molar-refractivity contribution is 0.0983. The number of ether oxygens (including phenoxy) is 1. The molecule has 7 heteroatoms. The molecule has 3 aromatic carbocycles. The van der Waals surface area contributed by atoms with Crippen molar-refractivity contribution in [1.29, 1.82) is 0 Å². The molecule has 0 radical (unpaired) electrons. The van der Waals surface area contributed by atoms with E-state index in [-0.39, 0.29) is 12.5 Å². The van der Waals surface area contributed by atoms with Crippen molar-refractivity contribution in [2.24, 2.45) is 0 Å². The smallest absolute Gasteiger partial charge is 0.260 e. The lowest BCUT2D eigenvalue weighted by Crippen LogP contribution is -2.30. The predicted molar refractivity (Wildman–Crippen MR) is 129 cm³/mol. The number of furan rings is 1. The molecule has 2 aromatic heterocycles. The summed E-state index contributed by atoms with van der Waals surface area (Å²) in [5.41, 5.74) is 1.34. The van der Waals surface area contributed by atoms with Gasteiger partial charge in [-0.3, -0.25) is 9.69 Å². The number of halogens is 1. The summed E-state index contributed by atoms with van der Waals surface area (Å²) in [5, 5.41) is 0.605. The molecule has 0 atom stereocenters. The first-order chi connectivity index (χ1) is 15.7. The third kappa shape index (κ3) is 4.44. The lowest BCUT2D eigenvalue weighted by atomic mass is 10.2. The van der Waals surface area contributed by atoms with Gasteiger partial charge in [0.25, 0.3) is 5.91 Å². The number of carbonyl (C=O) groups excluding carboxylic acids is 1. The van der Waals surface area contributed by atoms with Crippen LogP contribution in [0.3, 0.4) is 0 Å². The Kier molecular flexibility index (Phi) is 5.75. The molecule has 0 bridgehead atoms. The second-order valence-corrected chi connectivity index (χ2v) is 8.95. The number of hydrogen-bond acceptors (Lipinski definition) is 5. The van der Waals surface area contributed by atoms with Crippen LogP contribution >= 0.6 is 27.3 Å². The van der Waals surface area contributed by atoms with Crippen LogP contribution < -0.4 is 9.64 Å². The van der Waals surface area contributed by atoms with Gasteiger partial charge in [0.1, 0.15) is 17.3 Å². The molecule has 5 aromatic rings. The molecular formula is C25H17BrN2O3S. The molecule has 0 aliphatic rings. The van der Waals surface area contributed by atoms with Gasteiger partial charge in [-0.1, -0.05) is 51.5 Å². The summed E-state index contributed by atoms with van der Waals surface area (Å²) in [4.78, 5) is 19.9. The van der Waals surface area contributed by atoms with Gasteiger partial charge in [0, 0.05) is 10.0 Å². The highest BCUT2D eigenvalue weighted by Crippen LogP contribution is 2.33. The highest BCUT2D eigenvalue weighted by molar-refractivity contribution is 9.10. The monoisotopic (exact) mass is 504 g/mol. The van der Waals surface area contributed by atoms with Crippen molar-refractivity contribution in [3.8, 4) is 11.5 Å². The topological polar surface area (TPSA) is 55.6 Å². The van der Waals surface area contributed by atoms with Crippen molar-refractivity contribution in [2.75, 3.05) is 4.90 Å². The molecule has 158 valence electrons. The van der Waals surface area contributed by atoms with Gasteiger partial charge in [0.2, 0.25) is 0 Å². The quantitative estimate of drug-likeness (QED) is 0.243. The number of hydrogen-bond donors (Lipinski definition) is 0. The van der Waals surface area contributed by atoms with E-state index in [0.717, 1.165) is 14.7 Å². The molecule has 5 rings (SSSR count). The number of anilines is 1. The SMILES string of the molecule is O=C(c1cccc(Oc2ccccc2)c1)N(Cc1ccco1)c1nc2ccc(Br)cc2s1. The Balaban J connectivity index is 1.49. The molecule has 0 aliphatic carbocycles. The van der Waals surface area contributed by atoms with Crippen LogP contribution in [0, 0.1) is 0 Å². The van der Waals surface area contributed by atoms with E-state index in [2.05, 4.69) is 15.9 Å². The summed E-state index contributed by atoms with van der Waals surface area (Å²) in [5.74, 6) is 1.79. The third-order valence-corrected chi connectivity index (χ3v) is 6.30. The number of nitrogens with zero attached hydrogens (tertiary/aromatic N) is 2. The summed E-state index contributed by atoms with van der Waals surface area (Å²) in [7, 11) is 0. The first-order valence-electron chi connectivity index (χ1n) is 9.89. The summed E-state index contributed by atoms with van der Waals surface area (Å²) in [6.07, 6.45) is 1.60. The molecule has 0 N–H and O–H groups in total. The number of aromatic nitrogens is 1. The summed E-state index contributed by atoms with van der Waals surface area (Å²) >= 11 is 4.96. The van der Waals surface area contributed by atoms with E-state index in [0.29, 0.717) is 28.0 Å². The number of amides is 1. The van der Waals surface area contributed by atoms with Crippen LogP contribution in [-0.2, 0) is 6.54 Å². The van der Waals surface area contributed by atoms with Crippen molar-refractivity contribution in [2.45, 2.75) is 6.54 Å². The molecule has 0 unspecified atom stereocenters. The molecule has 0 spiro atoms. The van der Waals surface area contributed by atoms with Crippen LogP contribution in [0.5, 0.6) is 11.5 Å². The van der Waals surface area contributed by atoms with E-state index in [1.54, 1.807) is 23.3 Å². The zero-order valence-electron chi connectivity index (χ0n) is 16.8. The van der Waals surface area contributed by atoms with Crippen molar-refractivity contribution in [1.82, 2.24) is 4.98 Å². The Morgan fingerprint density at radius 3 is 2.62 bits per heavy atom. The van der Waals surface area contributed by atoms with Crippen LogP contribution in [0.4, 0.5) is 5.13 Å². The molecule has 0 aliphatic heterocycles. The summed E-state index contributed by atoms with van der Waals surface area (Å²) in [6.45, 7) is 0.274. The number of thiazole rings is 1. The van der Waals surface area contributed by atoms with Crippen molar-refractivity contribution in [3.63, 3.8) is 0 Å². The van der Waals surface area contributed by atoms with Gasteiger partial charge in [-0.15, -0.1) is 0 Å². The second-order valence-electron chi connectivity index (χ2n) is 7.02. The zero-order valence-corrected chi connectivity index (χ0v) is 19.2. The van der Waals surface area contributed by atoms with E-state index in [4.69, 9.17) is 14.1 Å². The Morgan fingerprint density at radius 2 is 1.81 bits per heavy atom. The maximum atomic E-state index is 13.6. The first kappa shape index (κ1) is 20.5. The zero-order chi connectivity index (χ0) is 21.9. The molecule has 32 heavy (non-hydrogen) atoms. The highest BCUT2D eigenvalue weighted by atomic mass is 79.9. The number of rotatable bonds is 6. The highest BCUT2D eigenvalue weighted by Gasteiger charge is 2.23. The van der Waals surface area contributed by atoms with Crippen LogP contribution in [0.2, 0.25) is 0 Å². The maximum Gasteiger partial charge on any atom is 0.260 e. The Morgan fingerprint density at radius 1 is 0.969 bits per heavy atom. The van der Waals surface area contributed by atoms with Gasteiger partial charge in [0.05, 0.1) is 23.0 Å². The summed E-state index contributed by atoms with van der Waals surface area (Å²) in [6, 6.07) is 26.2. The van der Waals surface area contributed by atoms with Crippen LogP contribution in [0.25, 0.3) is 10.2 Å². The second kappa shape index (κ2) is 8.98. The molecule has 0 saturated heterocycles. The van der Waals surface area contributed by atoms with Gasteiger partial charge in [-0.25, -0.2) is 4.98 Å². The molecule has 0 fully saturated rings. The molecule has 1 amide bonds. The molecular weight excluding hydrogens is 488 g/mol. The predicted octanol–water partition coefficient (Wildman–Crippen LogP) is 7.29. The summed E-state index contributed by atoms with van der Waals surface area (Å²) < 4.78 is 13.4. The third-order valence-electron chi connectivity index (χ3n) is 4.77. The fourth-order valence-corrected chi connectivity index (χ4v) is 4.77. The molecule has 0 saturated carbocycles.